The maximum absolute atomic E-state index is 12.8. The Kier molecular flexibility index (Phi) is 5.29. The zero-order chi connectivity index (χ0) is 19.7. The number of nitrogens with zero attached hydrogens (tertiary/aromatic N) is 3. The van der Waals surface area contributed by atoms with Crippen molar-refractivity contribution >= 4 is 34.2 Å². The molecule has 0 saturated carbocycles. The Morgan fingerprint density at radius 1 is 1.04 bits per heavy atom. The number of benzene rings is 2. The van der Waals surface area contributed by atoms with Gasteiger partial charge in [0.05, 0.1) is 6.54 Å². The molecular formula is C22H24ClN3O2. The van der Waals surface area contributed by atoms with E-state index in [0.29, 0.717) is 5.02 Å². The van der Waals surface area contributed by atoms with Crippen molar-refractivity contribution in [2.75, 3.05) is 45.2 Å². The highest BCUT2D eigenvalue weighted by Crippen LogP contribution is 2.24. The van der Waals surface area contributed by atoms with Crippen molar-refractivity contribution in [2.24, 2.45) is 0 Å². The predicted octanol–water partition coefficient (Wildman–Crippen LogP) is 4.11. The van der Waals surface area contributed by atoms with E-state index in [0.717, 1.165) is 60.7 Å². The Bertz CT molecular complexity index is 973. The Morgan fingerprint density at radius 2 is 1.75 bits per heavy atom. The molecular weight excluding hydrogens is 374 g/mol. The molecule has 0 N–H and O–H groups in total. The Hall–Kier alpha value is -2.50. The molecule has 5 nitrogen and oxygen atoms in total. The summed E-state index contributed by atoms with van der Waals surface area (Å²) >= 11 is 6.05. The van der Waals surface area contributed by atoms with E-state index in [2.05, 4.69) is 4.90 Å². The van der Waals surface area contributed by atoms with Crippen molar-refractivity contribution in [3.05, 3.63) is 64.9 Å². The molecule has 6 heteroatoms. The van der Waals surface area contributed by atoms with E-state index in [1.807, 2.05) is 72.4 Å². The molecule has 0 spiro atoms. The topological polar surface area (TPSA) is 39.9 Å². The van der Waals surface area contributed by atoms with Crippen molar-refractivity contribution in [1.82, 2.24) is 9.80 Å². The number of furan rings is 1. The number of amides is 1. The zero-order valence-corrected chi connectivity index (χ0v) is 16.9. The van der Waals surface area contributed by atoms with Gasteiger partial charge in [-0.3, -0.25) is 9.69 Å². The van der Waals surface area contributed by atoms with E-state index in [4.69, 9.17) is 16.0 Å². The first-order valence-electron chi connectivity index (χ1n) is 9.46. The fourth-order valence-electron chi connectivity index (χ4n) is 3.56. The van der Waals surface area contributed by atoms with Gasteiger partial charge in [0.15, 0.2) is 0 Å². The van der Waals surface area contributed by atoms with E-state index < -0.39 is 0 Å². The van der Waals surface area contributed by atoms with E-state index >= 15 is 0 Å². The monoisotopic (exact) mass is 397 g/mol. The van der Waals surface area contributed by atoms with Crippen LogP contribution in [0.5, 0.6) is 0 Å². The molecule has 28 heavy (non-hydrogen) atoms. The van der Waals surface area contributed by atoms with Crippen LogP contribution in [-0.4, -0.2) is 56.0 Å². The minimum absolute atomic E-state index is 0.100. The van der Waals surface area contributed by atoms with Crippen molar-refractivity contribution in [3.8, 4) is 0 Å². The third-order valence-electron chi connectivity index (χ3n) is 5.20. The largest absolute Gasteiger partial charge is 0.460 e. The maximum atomic E-state index is 12.8. The van der Waals surface area contributed by atoms with Crippen molar-refractivity contribution < 1.29 is 9.21 Å². The van der Waals surface area contributed by atoms with Crippen LogP contribution in [0.15, 0.2) is 52.9 Å². The summed E-state index contributed by atoms with van der Waals surface area (Å²) in [6.45, 7) is 3.85. The molecule has 0 unspecified atom stereocenters. The summed E-state index contributed by atoms with van der Waals surface area (Å²) in [6.07, 6.45) is 0. The van der Waals surface area contributed by atoms with Crippen LogP contribution in [0.25, 0.3) is 11.0 Å². The number of hydrogen-bond donors (Lipinski definition) is 0. The van der Waals surface area contributed by atoms with Crippen LogP contribution in [0.3, 0.4) is 0 Å². The van der Waals surface area contributed by atoms with Gasteiger partial charge in [-0.25, -0.2) is 0 Å². The number of halogens is 1. The van der Waals surface area contributed by atoms with E-state index in [1.54, 1.807) is 0 Å². The maximum Gasteiger partial charge on any atom is 0.253 e. The van der Waals surface area contributed by atoms with Gasteiger partial charge in [-0.2, -0.15) is 0 Å². The fourth-order valence-corrected chi connectivity index (χ4v) is 3.74. The van der Waals surface area contributed by atoms with Gasteiger partial charge in [-0.05, 0) is 48.5 Å². The number of carbonyl (C=O) groups excluding carboxylic acids is 1. The van der Waals surface area contributed by atoms with Crippen molar-refractivity contribution in [1.29, 1.82) is 0 Å². The highest BCUT2D eigenvalue weighted by molar-refractivity contribution is 6.31. The number of anilines is 1. The number of fused-ring (bicyclic) bond motifs is 1. The summed E-state index contributed by atoms with van der Waals surface area (Å²) in [5.41, 5.74) is 2.69. The second kappa shape index (κ2) is 7.86. The lowest BCUT2D eigenvalue weighted by Gasteiger charge is -2.34. The van der Waals surface area contributed by atoms with Gasteiger partial charge in [-0.1, -0.05) is 11.6 Å². The molecule has 0 bridgehead atoms. The average Bonchev–Trinajstić information content (AvgIpc) is 3.09. The van der Waals surface area contributed by atoms with Crippen LogP contribution >= 0.6 is 11.6 Å². The fraction of sp³-hybridized carbons (Fsp3) is 0.318. The molecule has 146 valence electrons. The zero-order valence-electron chi connectivity index (χ0n) is 16.2. The molecule has 1 fully saturated rings. The van der Waals surface area contributed by atoms with Gasteiger partial charge in [0.2, 0.25) is 0 Å². The van der Waals surface area contributed by atoms with Crippen LogP contribution in [0, 0.1) is 0 Å². The van der Waals surface area contributed by atoms with Crippen molar-refractivity contribution in [2.45, 2.75) is 6.54 Å². The lowest BCUT2D eigenvalue weighted by molar-refractivity contribution is 0.0621. The normalized spacial score (nSPS) is 15.2. The molecule has 1 amide bonds. The van der Waals surface area contributed by atoms with Gasteiger partial charge in [0.25, 0.3) is 5.91 Å². The highest BCUT2D eigenvalue weighted by atomic mass is 35.5. The molecule has 0 atom stereocenters. The van der Waals surface area contributed by atoms with Crippen LogP contribution in [0.4, 0.5) is 5.69 Å². The third kappa shape index (κ3) is 4.01. The predicted molar refractivity (Wildman–Crippen MR) is 113 cm³/mol. The summed E-state index contributed by atoms with van der Waals surface area (Å²) in [5, 5.41) is 1.74. The second-order valence-electron chi connectivity index (χ2n) is 7.40. The molecule has 3 aromatic rings. The smallest absolute Gasteiger partial charge is 0.253 e. The standard InChI is InChI=1S/C22H24ClN3O2/c1-24(2)19-6-3-16(4-7-19)22(27)26-11-9-25(10-12-26)15-20-14-17-13-18(23)5-8-21(17)28-20/h3-8,13-14H,9-12,15H2,1-2H3. The minimum atomic E-state index is 0.100. The van der Waals surface area contributed by atoms with Crippen LogP contribution in [0.2, 0.25) is 5.02 Å². The molecule has 1 aliphatic heterocycles. The number of carbonyl (C=O) groups is 1. The highest BCUT2D eigenvalue weighted by Gasteiger charge is 2.23. The lowest BCUT2D eigenvalue weighted by Crippen LogP contribution is -2.48. The molecule has 1 saturated heterocycles. The molecule has 2 aromatic carbocycles. The van der Waals surface area contributed by atoms with Crippen LogP contribution in [0.1, 0.15) is 16.1 Å². The van der Waals surface area contributed by atoms with E-state index in [1.165, 1.54) is 0 Å². The Morgan fingerprint density at radius 3 is 2.43 bits per heavy atom. The van der Waals surface area contributed by atoms with Gasteiger partial charge in [0.1, 0.15) is 11.3 Å². The quantitative estimate of drug-likeness (QED) is 0.664. The molecule has 2 heterocycles. The van der Waals surface area contributed by atoms with E-state index in [-0.39, 0.29) is 5.91 Å². The summed E-state index contributed by atoms with van der Waals surface area (Å²) in [5.74, 6) is 1.03. The SMILES string of the molecule is CN(C)c1ccc(C(=O)N2CCN(Cc3cc4cc(Cl)ccc4o3)CC2)cc1. The Labute approximate surface area is 170 Å². The molecule has 4 rings (SSSR count). The first-order valence-corrected chi connectivity index (χ1v) is 9.84. The average molecular weight is 398 g/mol. The first kappa shape index (κ1) is 18.8. The Balaban J connectivity index is 1.35. The number of piperazine rings is 1. The molecule has 0 aliphatic carbocycles. The van der Waals surface area contributed by atoms with Gasteiger partial charge in [0, 0.05) is 61.9 Å². The summed E-state index contributed by atoms with van der Waals surface area (Å²) in [6, 6.07) is 15.5. The van der Waals surface area contributed by atoms with Gasteiger partial charge >= 0.3 is 0 Å². The summed E-state index contributed by atoms with van der Waals surface area (Å²) < 4.78 is 5.92. The number of rotatable bonds is 4. The third-order valence-corrected chi connectivity index (χ3v) is 5.43. The van der Waals surface area contributed by atoms with Crippen LogP contribution < -0.4 is 4.90 Å². The first-order chi connectivity index (χ1) is 13.5. The summed E-state index contributed by atoms with van der Waals surface area (Å²) in [7, 11) is 3.99. The van der Waals surface area contributed by atoms with Crippen LogP contribution in [-0.2, 0) is 6.54 Å². The lowest BCUT2D eigenvalue weighted by atomic mass is 10.1. The van der Waals surface area contributed by atoms with Gasteiger partial charge < -0.3 is 14.2 Å². The molecule has 1 aromatic heterocycles. The van der Waals surface area contributed by atoms with Gasteiger partial charge in [-0.15, -0.1) is 0 Å². The molecule has 1 aliphatic rings. The van der Waals surface area contributed by atoms with E-state index in [9.17, 15) is 4.79 Å². The summed E-state index contributed by atoms with van der Waals surface area (Å²) in [4.78, 5) is 19.0. The minimum Gasteiger partial charge on any atom is -0.460 e. The number of hydrogen-bond acceptors (Lipinski definition) is 4. The second-order valence-corrected chi connectivity index (χ2v) is 7.84. The van der Waals surface area contributed by atoms with Crippen molar-refractivity contribution in [3.63, 3.8) is 0 Å². The molecule has 0 radical (unpaired) electrons.